The van der Waals surface area contributed by atoms with Gasteiger partial charge >= 0.3 is 0 Å². The molecule has 1 unspecified atom stereocenters. The molecule has 0 radical (unpaired) electrons. The van der Waals surface area contributed by atoms with Crippen LogP contribution in [0.5, 0.6) is 0 Å². The van der Waals surface area contributed by atoms with E-state index in [-0.39, 0.29) is 18.7 Å². The maximum atomic E-state index is 14.6. The Labute approximate surface area is 195 Å². The molecule has 2 aromatic heterocycles. The van der Waals surface area contributed by atoms with E-state index in [0.29, 0.717) is 11.6 Å². The van der Waals surface area contributed by atoms with Crippen molar-refractivity contribution >= 4 is 11.6 Å². The van der Waals surface area contributed by atoms with Gasteiger partial charge in [-0.3, -0.25) is 9.88 Å². The zero-order valence-electron chi connectivity index (χ0n) is 17.9. The van der Waals surface area contributed by atoms with E-state index in [4.69, 9.17) is 11.6 Å². The van der Waals surface area contributed by atoms with Crippen molar-refractivity contribution in [1.82, 2.24) is 24.6 Å². The molecule has 2 aromatic carbocycles. The van der Waals surface area contributed by atoms with E-state index in [9.17, 15) is 13.9 Å². The van der Waals surface area contributed by atoms with E-state index in [1.165, 1.54) is 23.4 Å². The summed E-state index contributed by atoms with van der Waals surface area (Å²) in [5, 5.41) is 16.1. The van der Waals surface area contributed by atoms with Gasteiger partial charge in [0, 0.05) is 41.5 Å². The van der Waals surface area contributed by atoms with Gasteiger partial charge in [-0.15, -0.1) is 0 Å². The van der Waals surface area contributed by atoms with Gasteiger partial charge in [0.15, 0.2) is 0 Å². The summed E-state index contributed by atoms with van der Waals surface area (Å²) >= 11 is 6.07. The molecule has 0 bridgehead atoms. The Kier molecular flexibility index (Phi) is 6.78. The standard InChI is InChI=1S/C24H22ClF2N5O/c1-31(12-21-7-5-18(11-29-21)17-3-2-4-19(25)9-17)13-24(33,14-32-16-28-15-30-32)22-8-6-20(26)10-23(22)27/h2-11,15-16,33H,12-14H2,1H3. The number of aromatic nitrogens is 4. The average molecular weight is 470 g/mol. The minimum Gasteiger partial charge on any atom is -0.382 e. The lowest BCUT2D eigenvalue weighted by molar-refractivity contribution is -0.0177. The molecule has 4 aromatic rings. The highest BCUT2D eigenvalue weighted by molar-refractivity contribution is 6.30. The fraction of sp³-hybridized carbons (Fsp3) is 0.208. The van der Waals surface area contributed by atoms with Gasteiger partial charge in [-0.25, -0.2) is 18.4 Å². The molecule has 0 saturated carbocycles. The van der Waals surface area contributed by atoms with Gasteiger partial charge in [0.1, 0.15) is 29.9 Å². The Morgan fingerprint density at radius 1 is 1.09 bits per heavy atom. The Hall–Kier alpha value is -3.20. The van der Waals surface area contributed by atoms with E-state index in [2.05, 4.69) is 15.1 Å². The quantitative estimate of drug-likeness (QED) is 0.417. The first kappa shape index (κ1) is 23.0. The van der Waals surface area contributed by atoms with Gasteiger partial charge < -0.3 is 5.11 Å². The van der Waals surface area contributed by atoms with Crippen LogP contribution in [0.15, 0.2) is 73.4 Å². The van der Waals surface area contributed by atoms with Crippen molar-refractivity contribution in [2.24, 2.45) is 0 Å². The summed E-state index contributed by atoms with van der Waals surface area (Å²) in [6, 6.07) is 14.5. The minimum atomic E-state index is -1.68. The summed E-state index contributed by atoms with van der Waals surface area (Å²) in [5.41, 5.74) is 0.964. The minimum absolute atomic E-state index is 0.0180. The first-order valence-electron chi connectivity index (χ1n) is 10.2. The fourth-order valence-electron chi connectivity index (χ4n) is 3.81. The van der Waals surface area contributed by atoms with Crippen LogP contribution in [0.4, 0.5) is 8.78 Å². The second-order valence-electron chi connectivity index (χ2n) is 7.97. The topological polar surface area (TPSA) is 67.1 Å². The van der Waals surface area contributed by atoms with Crippen LogP contribution in [0, 0.1) is 11.6 Å². The lowest BCUT2D eigenvalue weighted by Crippen LogP contribution is -2.43. The summed E-state index contributed by atoms with van der Waals surface area (Å²) in [6.45, 7) is 0.395. The van der Waals surface area contributed by atoms with E-state index in [1.54, 1.807) is 13.2 Å². The van der Waals surface area contributed by atoms with Gasteiger partial charge in [-0.2, -0.15) is 5.10 Å². The Morgan fingerprint density at radius 3 is 2.61 bits per heavy atom. The molecule has 170 valence electrons. The second-order valence-corrected chi connectivity index (χ2v) is 8.41. The summed E-state index contributed by atoms with van der Waals surface area (Å²) in [4.78, 5) is 10.2. The number of pyridine rings is 1. The Bertz CT molecular complexity index is 1220. The third kappa shape index (κ3) is 5.60. The van der Waals surface area contributed by atoms with Crippen molar-refractivity contribution in [3.8, 4) is 11.1 Å². The van der Waals surface area contributed by atoms with E-state index in [1.807, 2.05) is 41.3 Å². The SMILES string of the molecule is CN(Cc1ccc(-c2cccc(Cl)c2)cn1)CC(O)(Cn1cncn1)c1ccc(F)cc1F. The van der Waals surface area contributed by atoms with Crippen LogP contribution in [0.1, 0.15) is 11.3 Å². The average Bonchev–Trinajstić information content (AvgIpc) is 3.26. The molecule has 33 heavy (non-hydrogen) atoms. The van der Waals surface area contributed by atoms with Gasteiger partial charge in [0.05, 0.1) is 12.2 Å². The largest absolute Gasteiger partial charge is 0.382 e. The van der Waals surface area contributed by atoms with E-state index < -0.39 is 17.2 Å². The highest BCUT2D eigenvalue weighted by Gasteiger charge is 2.35. The lowest BCUT2D eigenvalue weighted by atomic mass is 9.92. The zero-order chi connectivity index (χ0) is 23.4. The summed E-state index contributed by atoms with van der Waals surface area (Å²) in [7, 11) is 1.79. The molecule has 1 atom stereocenters. The fourth-order valence-corrected chi connectivity index (χ4v) is 4.00. The molecule has 0 aliphatic rings. The van der Waals surface area contributed by atoms with Crippen LogP contribution in [-0.4, -0.2) is 43.3 Å². The predicted molar refractivity (Wildman–Crippen MR) is 121 cm³/mol. The van der Waals surface area contributed by atoms with Crippen molar-refractivity contribution in [2.45, 2.75) is 18.7 Å². The summed E-state index contributed by atoms with van der Waals surface area (Å²) in [6.07, 6.45) is 4.52. The number of aliphatic hydroxyl groups is 1. The normalized spacial score (nSPS) is 13.3. The molecule has 0 aliphatic heterocycles. The van der Waals surface area contributed by atoms with Crippen LogP contribution in [0.3, 0.4) is 0 Å². The summed E-state index contributed by atoms with van der Waals surface area (Å²) < 4.78 is 29.5. The predicted octanol–water partition coefficient (Wildman–Crippen LogP) is 4.29. The third-order valence-corrected chi connectivity index (χ3v) is 5.50. The third-order valence-electron chi connectivity index (χ3n) is 5.27. The smallest absolute Gasteiger partial charge is 0.137 e. The first-order valence-corrected chi connectivity index (χ1v) is 10.6. The molecule has 4 rings (SSSR count). The molecule has 2 heterocycles. The molecule has 0 amide bonds. The Morgan fingerprint density at radius 2 is 1.94 bits per heavy atom. The molecular weight excluding hydrogens is 448 g/mol. The number of hydrogen-bond acceptors (Lipinski definition) is 5. The van der Waals surface area contributed by atoms with E-state index >= 15 is 0 Å². The molecule has 1 N–H and O–H groups in total. The van der Waals surface area contributed by atoms with Crippen molar-refractivity contribution < 1.29 is 13.9 Å². The van der Waals surface area contributed by atoms with Gasteiger partial charge in [-0.1, -0.05) is 35.9 Å². The molecule has 9 heteroatoms. The number of likely N-dealkylation sites (N-methyl/N-ethyl adjacent to an activating group) is 1. The molecule has 0 aliphatic carbocycles. The lowest BCUT2D eigenvalue weighted by Gasteiger charge is -2.33. The highest BCUT2D eigenvalue weighted by Crippen LogP contribution is 2.28. The van der Waals surface area contributed by atoms with Gasteiger partial charge in [-0.05, 0) is 36.9 Å². The van der Waals surface area contributed by atoms with Crippen LogP contribution < -0.4 is 0 Å². The number of hydrogen-bond donors (Lipinski definition) is 1. The molecule has 0 fully saturated rings. The van der Waals surface area contributed by atoms with Crippen LogP contribution >= 0.6 is 11.6 Å². The molecular formula is C24H22ClF2N5O. The molecule has 0 spiro atoms. The van der Waals surface area contributed by atoms with Crippen LogP contribution in [0.25, 0.3) is 11.1 Å². The Balaban J connectivity index is 1.52. The van der Waals surface area contributed by atoms with Gasteiger partial charge in [0.25, 0.3) is 0 Å². The van der Waals surface area contributed by atoms with E-state index in [0.717, 1.165) is 29.0 Å². The second kappa shape index (κ2) is 9.74. The van der Waals surface area contributed by atoms with Gasteiger partial charge in [0.2, 0.25) is 0 Å². The van der Waals surface area contributed by atoms with Crippen molar-refractivity contribution in [3.63, 3.8) is 0 Å². The monoisotopic (exact) mass is 469 g/mol. The maximum absolute atomic E-state index is 14.6. The number of nitrogens with zero attached hydrogens (tertiary/aromatic N) is 5. The first-order chi connectivity index (χ1) is 15.8. The van der Waals surface area contributed by atoms with Crippen molar-refractivity contribution in [1.29, 1.82) is 0 Å². The van der Waals surface area contributed by atoms with Crippen LogP contribution in [-0.2, 0) is 18.7 Å². The maximum Gasteiger partial charge on any atom is 0.137 e. The van der Waals surface area contributed by atoms with Crippen molar-refractivity contribution in [3.05, 3.63) is 101 Å². The molecule has 0 saturated heterocycles. The number of halogens is 3. The zero-order valence-corrected chi connectivity index (χ0v) is 18.6. The van der Waals surface area contributed by atoms with Crippen molar-refractivity contribution in [2.75, 3.05) is 13.6 Å². The number of benzene rings is 2. The number of rotatable bonds is 8. The van der Waals surface area contributed by atoms with Crippen LogP contribution in [0.2, 0.25) is 5.02 Å². The molecule has 6 nitrogen and oxygen atoms in total. The highest BCUT2D eigenvalue weighted by atomic mass is 35.5. The summed E-state index contributed by atoms with van der Waals surface area (Å²) in [5.74, 6) is -1.54.